The van der Waals surface area contributed by atoms with E-state index >= 15 is 0 Å². The maximum absolute atomic E-state index is 12.5. The molecule has 10 nitrogen and oxygen atoms in total. The molecule has 10 heteroatoms. The molecule has 0 aliphatic carbocycles. The van der Waals surface area contributed by atoms with Gasteiger partial charge in [-0.3, -0.25) is 4.79 Å². The molecular formula is C19H21N3O7. The third-order valence-electron chi connectivity index (χ3n) is 4.53. The fourth-order valence-electron chi connectivity index (χ4n) is 3.09. The number of nitrogens with one attached hydrogen (secondary N) is 1. The van der Waals surface area contributed by atoms with Gasteiger partial charge in [-0.25, -0.2) is 4.79 Å². The van der Waals surface area contributed by atoms with Crippen LogP contribution in [0, 0.1) is 0 Å². The van der Waals surface area contributed by atoms with Crippen LogP contribution in [0.15, 0.2) is 21.8 Å². The van der Waals surface area contributed by atoms with Crippen molar-refractivity contribution in [1.29, 1.82) is 0 Å². The number of oxime groups is 1. The van der Waals surface area contributed by atoms with Crippen molar-refractivity contribution in [2.45, 2.75) is 39.2 Å². The van der Waals surface area contributed by atoms with E-state index in [9.17, 15) is 19.8 Å². The van der Waals surface area contributed by atoms with Gasteiger partial charge in [-0.1, -0.05) is 24.2 Å². The zero-order valence-electron chi connectivity index (χ0n) is 16.1. The third kappa shape index (κ3) is 3.73. The number of hydrogen-bond donors (Lipinski definition) is 4. The van der Waals surface area contributed by atoms with Crippen molar-refractivity contribution < 1.29 is 34.3 Å². The van der Waals surface area contributed by atoms with Crippen molar-refractivity contribution in [3.05, 3.63) is 29.0 Å². The number of aromatic hydroxyl groups is 2. The summed E-state index contributed by atoms with van der Waals surface area (Å²) in [5.74, 6) is -2.17. The van der Waals surface area contributed by atoms with Crippen molar-refractivity contribution in [3.8, 4) is 22.8 Å². The lowest BCUT2D eigenvalue weighted by Crippen LogP contribution is -2.25. The van der Waals surface area contributed by atoms with Gasteiger partial charge in [-0.15, -0.1) is 0 Å². The van der Waals surface area contributed by atoms with Crippen molar-refractivity contribution in [2.24, 2.45) is 5.16 Å². The fraction of sp³-hybridized carbons (Fsp3) is 0.368. The summed E-state index contributed by atoms with van der Waals surface area (Å²) >= 11 is 0. The van der Waals surface area contributed by atoms with E-state index in [4.69, 9.17) is 14.5 Å². The number of carboxylic acids is 1. The van der Waals surface area contributed by atoms with E-state index in [0.717, 1.165) is 0 Å². The summed E-state index contributed by atoms with van der Waals surface area (Å²) in [5.41, 5.74) is 0.618. The summed E-state index contributed by atoms with van der Waals surface area (Å²) in [6.07, 6.45) is -1.04. The van der Waals surface area contributed by atoms with Gasteiger partial charge >= 0.3 is 5.97 Å². The summed E-state index contributed by atoms with van der Waals surface area (Å²) in [4.78, 5) is 28.9. The molecule has 0 radical (unpaired) electrons. The molecule has 1 aromatic heterocycles. The van der Waals surface area contributed by atoms with Crippen molar-refractivity contribution in [3.63, 3.8) is 0 Å². The molecule has 29 heavy (non-hydrogen) atoms. The molecule has 0 saturated heterocycles. The number of rotatable bonds is 6. The number of amides is 1. The first-order valence-electron chi connectivity index (χ1n) is 9.04. The lowest BCUT2D eigenvalue weighted by Gasteiger charge is -2.14. The van der Waals surface area contributed by atoms with Crippen LogP contribution in [0.5, 0.6) is 11.5 Å². The number of aliphatic carboxylic acids is 1. The Kier molecular flexibility index (Phi) is 5.44. The highest BCUT2D eigenvalue weighted by atomic mass is 16.6. The Morgan fingerprint density at radius 1 is 1.28 bits per heavy atom. The Morgan fingerprint density at radius 3 is 2.59 bits per heavy atom. The molecule has 1 amide bonds. The van der Waals surface area contributed by atoms with E-state index < -0.39 is 18.0 Å². The standard InChI is InChI=1S/C19H21N3O7/c1-4-20-18(25)16-15(14-6-11(19(26)27)21-28-14)17(29-22-16)10-5-9(8(2)3)12(23)7-13(10)24/h5,7-8,14,23-24H,4,6H2,1-3H3,(H,20,25)(H,26,27). The average Bonchev–Trinajstić information content (AvgIpc) is 3.28. The Morgan fingerprint density at radius 2 is 2.00 bits per heavy atom. The molecule has 0 fully saturated rings. The first kappa shape index (κ1) is 20.2. The molecule has 1 aliphatic heterocycles. The Labute approximate surface area is 165 Å². The van der Waals surface area contributed by atoms with Crippen LogP contribution in [0.25, 0.3) is 11.3 Å². The van der Waals surface area contributed by atoms with Crippen molar-refractivity contribution in [1.82, 2.24) is 10.5 Å². The molecule has 0 saturated carbocycles. The molecule has 1 aromatic carbocycles. The minimum Gasteiger partial charge on any atom is -0.508 e. The van der Waals surface area contributed by atoms with Gasteiger partial charge in [-0.2, -0.15) is 0 Å². The predicted octanol–water partition coefficient (Wildman–Crippen LogP) is 2.53. The molecular weight excluding hydrogens is 382 g/mol. The number of phenolic OH excluding ortho intramolecular Hbond substituents is 2. The number of hydrogen-bond acceptors (Lipinski definition) is 8. The quantitative estimate of drug-likeness (QED) is 0.573. The number of carbonyl (C=O) groups is 2. The van der Waals surface area contributed by atoms with E-state index in [-0.39, 0.29) is 52.1 Å². The minimum absolute atomic E-state index is 0.0393. The van der Waals surface area contributed by atoms with Crippen LogP contribution in [0.1, 0.15) is 60.8 Å². The van der Waals surface area contributed by atoms with E-state index in [1.807, 2.05) is 13.8 Å². The number of nitrogens with zero attached hydrogens (tertiary/aromatic N) is 2. The van der Waals surface area contributed by atoms with E-state index in [1.165, 1.54) is 12.1 Å². The topological polar surface area (TPSA) is 154 Å². The third-order valence-corrected chi connectivity index (χ3v) is 4.53. The molecule has 0 spiro atoms. The van der Waals surface area contributed by atoms with Crippen molar-refractivity contribution >= 4 is 17.6 Å². The van der Waals surface area contributed by atoms with Gasteiger partial charge in [0.1, 0.15) is 11.5 Å². The second-order valence-electron chi connectivity index (χ2n) is 6.86. The van der Waals surface area contributed by atoms with Gasteiger partial charge in [-0.05, 0) is 24.5 Å². The number of benzene rings is 1. The smallest absolute Gasteiger partial charge is 0.353 e. The fourth-order valence-corrected chi connectivity index (χ4v) is 3.09. The maximum Gasteiger partial charge on any atom is 0.353 e. The lowest BCUT2D eigenvalue weighted by atomic mass is 9.94. The summed E-state index contributed by atoms with van der Waals surface area (Å²) in [6, 6.07) is 2.71. The normalized spacial score (nSPS) is 15.9. The molecule has 1 unspecified atom stereocenters. The van der Waals surface area contributed by atoms with Gasteiger partial charge < -0.3 is 30.0 Å². The molecule has 2 aromatic rings. The van der Waals surface area contributed by atoms with Gasteiger partial charge in [0, 0.05) is 19.0 Å². The highest BCUT2D eigenvalue weighted by Gasteiger charge is 2.37. The maximum atomic E-state index is 12.5. The summed E-state index contributed by atoms with van der Waals surface area (Å²) in [5, 5.41) is 39.6. The molecule has 154 valence electrons. The number of carboxylic acid groups (broad SMARTS) is 1. The Bertz CT molecular complexity index is 994. The second-order valence-corrected chi connectivity index (χ2v) is 6.86. The molecule has 3 rings (SSSR count). The zero-order valence-corrected chi connectivity index (χ0v) is 16.1. The number of carbonyl (C=O) groups excluding carboxylic acids is 1. The largest absolute Gasteiger partial charge is 0.508 e. The Balaban J connectivity index is 2.15. The molecule has 1 aliphatic rings. The van der Waals surface area contributed by atoms with E-state index in [0.29, 0.717) is 12.1 Å². The summed E-state index contributed by atoms with van der Waals surface area (Å²) in [7, 11) is 0. The number of aromatic nitrogens is 1. The van der Waals surface area contributed by atoms with Crippen LogP contribution in [0.3, 0.4) is 0 Å². The lowest BCUT2D eigenvalue weighted by molar-refractivity contribution is -0.129. The van der Waals surface area contributed by atoms with E-state index in [2.05, 4.69) is 15.6 Å². The van der Waals surface area contributed by atoms with Gasteiger partial charge in [0.15, 0.2) is 23.3 Å². The van der Waals surface area contributed by atoms with Gasteiger partial charge in [0.25, 0.3) is 5.91 Å². The van der Waals surface area contributed by atoms with Crippen LogP contribution in [-0.2, 0) is 9.63 Å². The highest BCUT2D eigenvalue weighted by Crippen LogP contribution is 2.43. The Hall–Kier alpha value is -3.56. The molecule has 1 atom stereocenters. The average molecular weight is 403 g/mol. The molecule has 2 heterocycles. The van der Waals surface area contributed by atoms with Crippen LogP contribution in [-0.4, -0.2) is 44.6 Å². The highest BCUT2D eigenvalue weighted by molar-refractivity contribution is 6.35. The minimum atomic E-state index is -1.24. The van der Waals surface area contributed by atoms with Crippen LogP contribution in [0.2, 0.25) is 0 Å². The second kappa shape index (κ2) is 7.82. The van der Waals surface area contributed by atoms with Crippen LogP contribution in [0.4, 0.5) is 0 Å². The van der Waals surface area contributed by atoms with Gasteiger partial charge in [0.2, 0.25) is 0 Å². The van der Waals surface area contributed by atoms with Crippen LogP contribution < -0.4 is 5.32 Å². The van der Waals surface area contributed by atoms with Crippen LogP contribution >= 0.6 is 0 Å². The summed E-state index contributed by atoms with van der Waals surface area (Å²) < 4.78 is 5.38. The molecule has 0 bridgehead atoms. The number of phenols is 2. The monoisotopic (exact) mass is 403 g/mol. The summed E-state index contributed by atoms with van der Waals surface area (Å²) in [6.45, 7) is 5.80. The first-order valence-corrected chi connectivity index (χ1v) is 9.04. The van der Waals surface area contributed by atoms with Gasteiger partial charge in [0.05, 0.1) is 11.1 Å². The first-order chi connectivity index (χ1) is 13.7. The zero-order chi connectivity index (χ0) is 21.3. The van der Waals surface area contributed by atoms with E-state index in [1.54, 1.807) is 6.92 Å². The SMILES string of the molecule is CCNC(=O)c1noc(-c2cc(C(C)C)c(O)cc2O)c1C1CC(C(=O)O)=NO1. The predicted molar refractivity (Wildman–Crippen MR) is 101 cm³/mol. The molecule has 4 N–H and O–H groups in total. The van der Waals surface area contributed by atoms with Crippen molar-refractivity contribution in [2.75, 3.05) is 6.54 Å².